The van der Waals surface area contributed by atoms with Crippen LogP contribution in [0.15, 0.2) is 48.5 Å². The summed E-state index contributed by atoms with van der Waals surface area (Å²) >= 11 is 0. The fourth-order valence-electron chi connectivity index (χ4n) is 2.18. The molecule has 0 radical (unpaired) electrons. The smallest absolute Gasteiger partial charge is 0.249 e. The molecule has 0 aromatic heterocycles. The Hall–Kier alpha value is -2.46. The molecule has 2 aromatic carbocycles. The molecule has 0 spiro atoms. The van der Waals surface area contributed by atoms with E-state index in [-0.39, 0.29) is 11.3 Å². The normalized spacial score (nSPS) is 10.3. The fraction of sp³-hybridized carbons (Fsp3) is 0.176. The van der Waals surface area contributed by atoms with Crippen molar-refractivity contribution in [2.24, 2.45) is 11.5 Å². The summed E-state index contributed by atoms with van der Waals surface area (Å²) in [6, 6.07) is 14.5. The Morgan fingerprint density at radius 1 is 0.857 bits per heavy atom. The predicted molar refractivity (Wildman–Crippen MR) is 81.9 cm³/mol. The van der Waals surface area contributed by atoms with E-state index in [4.69, 9.17) is 11.5 Å². The van der Waals surface area contributed by atoms with Gasteiger partial charge in [-0.15, -0.1) is 0 Å². The average molecular weight is 282 g/mol. The van der Waals surface area contributed by atoms with Crippen molar-refractivity contribution in [1.82, 2.24) is 0 Å². The van der Waals surface area contributed by atoms with Crippen LogP contribution in [0.2, 0.25) is 0 Å². The van der Waals surface area contributed by atoms with Gasteiger partial charge in [0.25, 0.3) is 0 Å². The van der Waals surface area contributed by atoms with E-state index in [9.17, 15) is 9.59 Å². The number of rotatable bonds is 6. The zero-order valence-corrected chi connectivity index (χ0v) is 11.7. The van der Waals surface area contributed by atoms with E-state index >= 15 is 0 Å². The molecular weight excluding hydrogens is 264 g/mol. The summed E-state index contributed by atoms with van der Waals surface area (Å²) in [4.78, 5) is 23.6. The average Bonchev–Trinajstić information content (AvgIpc) is 2.53. The molecule has 4 N–H and O–H groups in total. The zero-order chi connectivity index (χ0) is 15.2. The predicted octanol–water partition coefficient (Wildman–Crippen LogP) is 2.06. The number of nitrogens with two attached hydrogens (primary N) is 2. The highest BCUT2D eigenvalue weighted by atomic mass is 16.1. The Kier molecular flexibility index (Phi) is 4.85. The van der Waals surface area contributed by atoms with Crippen LogP contribution in [0.3, 0.4) is 0 Å². The summed E-state index contributed by atoms with van der Waals surface area (Å²) < 4.78 is 0. The van der Waals surface area contributed by atoms with Crippen LogP contribution in [0.25, 0.3) is 0 Å². The van der Waals surface area contributed by atoms with Crippen LogP contribution in [0.1, 0.15) is 38.3 Å². The van der Waals surface area contributed by atoms with Gasteiger partial charge in [-0.25, -0.2) is 0 Å². The minimum atomic E-state index is -0.578. The van der Waals surface area contributed by atoms with E-state index in [0.717, 1.165) is 11.1 Å². The van der Waals surface area contributed by atoms with Crippen molar-refractivity contribution < 1.29 is 9.59 Å². The number of hydrogen-bond donors (Lipinski definition) is 2. The van der Waals surface area contributed by atoms with Crippen LogP contribution < -0.4 is 11.5 Å². The third-order valence-electron chi connectivity index (χ3n) is 3.39. The molecule has 0 bridgehead atoms. The van der Waals surface area contributed by atoms with Crippen molar-refractivity contribution in [3.63, 3.8) is 0 Å². The van der Waals surface area contributed by atoms with Crippen LogP contribution in [0.4, 0.5) is 0 Å². The highest BCUT2D eigenvalue weighted by Crippen LogP contribution is 2.13. The van der Waals surface area contributed by atoms with Gasteiger partial charge in [-0.3, -0.25) is 9.59 Å². The molecule has 4 nitrogen and oxygen atoms in total. The highest BCUT2D eigenvalue weighted by molar-refractivity contribution is 6.07. The summed E-state index contributed by atoms with van der Waals surface area (Å²) in [5.41, 5.74) is 13.6. The maximum absolute atomic E-state index is 12.2. The number of carbonyl (C=O) groups is 2. The molecule has 0 atom stereocenters. The van der Waals surface area contributed by atoms with E-state index < -0.39 is 5.91 Å². The topological polar surface area (TPSA) is 86.2 Å². The van der Waals surface area contributed by atoms with E-state index in [1.165, 1.54) is 0 Å². The number of benzene rings is 2. The van der Waals surface area contributed by atoms with E-state index in [0.29, 0.717) is 24.9 Å². The monoisotopic (exact) mass is 282 g/mol. The highest BCUT2D eigenvalue weighted by Gasteiger charge is 2.14. The molecule has 0 heterocycles. The number of primary amides is 1. The molecule has 0 aliphatic carbocycles. The largest absolute Gasteiger partial charge is 0.366 e. The molecule has 1 amide bonds. The van der Waals surface area contributed by atoms with Crippen molar-refractivity contribution in [2.45, 2.75) is 19.4 Å². The molecule has 2 aromatic rings. The molecule has 0 fully saturated rings. The molecular formula is C17H18N2O2. The van der Waals surface area contributed by atoms with E-state index in [2.05, 4.69) is 0 Å². The SMILES string of the molecule is NCc1ccc(CCC(=O)c2ccccc2C(N)=O)cc1. The quantitative estimate of drug-likeness (QED) is 0.795. The van der Waals surface area contributed by atoms with Gasteiger partial charge in [-0.1, -0.05) is 42.5 Å². The summed E-state index contributed by atoms with van der Waals surface area (Å²) in [5, 5.41) is 0. The second-order valence-corrected chi connectivity index (χ2v) is 4.85. The van der Waals surface area contributed by atoms with Crippen molar-refractivity contribution in [3.8, 4) is 0 Å². The van der Waals surface area contributed by atoms with Gasteiger partial charge >= 0.3 is 0 Å². The van der Waals surface area contributed by atoms with Gasteiger partial charge in [0.15, 0.2) is 5.78 Å². The Morgan fingerprint density at radius 3 is 2.00 bits per heavy atom. The Balaban J connectivity index is 2.06. The molecule has 108 valence electrons. The number of hydrogen-bond acceptors (Lipinski definition) is 3. The molecule has 4 heteroatoms. The summed E-state index contributed by atoms with van der Waals surface area (Å²) in [5.74, 6) is -0.654. The molecule has 2 rings (SSSR count). The molecule has 0 saturated carbocycles. The van der Waals surface area contributed by atoms with E-state index in [1.54, 1.807) is 24.3 Å². The Labute approximate surface area is 123 Å². The number of aryl methyl sites for hydroxylation is 1. The van der Waals surface area contributed by atoms with Gasteiger partial charge < -0.3 is 11.5 Å². The van der Waals surface area contributed by atoms with Gasteiger partial charge in [-0.05, 0) is 23.6 Å². The third kappa shape index (κ3) is 3.77. The van der Waals surface area contributed by atoms with Crippen molar-refractivity contribution in [3.05, 3.63) is 70.8 Å². The van der Waals surface area contributed by atoms with Gasteiger partial charge in [0, 0.05) is 24.1 Å². The molecule has 0 aliphatic heterocycles. The first-order valence-corrected chi connectivity index (χ1v) is 6.81. The minimum Gasteiger partial charge on any atom is -0.366 e. The maximum Gasteiger partial charge on any atom is 0.249 e. The fourth-order valence-corrected chi connectivity index (χ4v) is 2.18. The van der Waals surface area contributed by atoms with Gasteiger partial charge in [-0.2, -0.15) is 0 Å². The summed E-state index contributed by atoms with van der Waals surface area (Å²) in [6.07, 6.45) is 0.961. The molecule has 0 saturated heterocycles. The lowest BCUT2D eigenvalue weighted by Crippen LogP contribution is -2.16. The lowest BCUT2D eigenvalue weighted by atomic mass is 9.98. The molecule has 0 aliphatic rings. The summed E-state index contributed by atoms with van der Waals surface area (Å²) in [7, 11) is 0. The third-order valence-corrected chi connectivity index (χ3v) is 3.39. The minimum absolute atomic E-state index is 0.0766. The van der Waals surface area contributed by atoms with Crippen LogP contribution in [-0.2, 0) is 13.0 Å². The van der Waals surface area contributed by atoms with Crippen LogP contribution in [0.5, 0.6) is 0 Å². The van der Waals surface area contributed by atoms with Gasteiger partial charge in [0.2, 0.25) is 5.91 Å². The number of carbonyl (C=O) groups excluding carboxylic acids is 2. The van der Waals surface area contributed by atoms with Gasteiger partial charge in [0.1, 0.15) is 0 Å². The van der Waals surface area contributed by atoms with Crippen molar-refractivity contribution >= 4 is 11.7 Å². The molecule has 21 heavy (non-hydrogen) atoms. The second-order valence-electron chi connectivity index (χ2n) is 4.85. The first-order chi connectivity index (χ1) is 10.1. The first kappa shape index (κ1) is 14.9. The lowest BCUT2D eigenvalue weighted by molar-refractivity contribution is 0.0957. The van der Waals surface area contributed by atoms with Crippen LogP contribution in [-0.4, -0.2) is 11.7 Å². The van der Waals surface area contributed by atoms with E-state index in [1.807, 2.05) is 24.3 Å². The standard InChI is InChI=1S/C17H18N2O2/c18-11-13-7-5-12(6-8-13)9-10-16(20)14-3-1-2-4-15(14)17(19)21/h1-8H,9-11,18H2,(H2,19,21). The second kappa shape index (κ2) is 6.81. The van der Waals surface area contributed by atoms with Gasteiger partial charge in [0.05, 0.1) is 0 Å². The summed E-state index contributed by atoms with van der Waals surface area (Å²) in [6.45, 7) is 0.505. The lowest BCUT2D eigenvalue weighted by Gasteiger charge is -2.06. The maximum atomic E-state index is 12.2. The first-order valence-electron chi connectivity index (χ1n) is 6.81. The van der Waals surface area contributed by atoms with Crippen LogP contribution in [0, 0.1) is 0 Å². The Morgan fingerprint density at radius 2 is 1.43 bits per heavy atom. The molecule has 0 unspecified atom stereocenters. The number of amides is 1. The number of ketones is 1. The van der Waals surface area contributed by atoms with Crippen molar-refractivity contribution in [1.29, 1.82) is 0 Å². The Bertz CT molecular complexity index is 648. The zero-order valence-electron chi connectivity index (χ0n) is 11.7. The van der Waals surface area contributed by atoms with Crippen molar-refractivity contribution in [2.75, 3.05) is 0 Å². The number of Topliss-reactive ketones (excluding diaryl/α,β-unsaturated/α-hetero) is 1. The van der Waals surface area contributed by atoms with Crippen LogP contribution >= 0.6 is 0 Å².